The van der Waals surface area contributed by atoms with Crippen LogP contribution >= 0.6 is 0 Å². The Labute approximate surface area is 204 Å². The van der Waals surface area contributed by atoms with Crippen LogP contribution in [0.25, 0.3) is 0 Å². The molecule has 0 aromatic heterocycles. The summed E-state index contributed by atoms with van der Waals surface area (Å²) in [7, 11) is -3.50. The molecule has 2 aromatic rings. The maximum atomic E-state index is 13.5. The fourth-order valence-electron chi connectivity index (χ4n) is 4.36. The van der Waals surface area contributed by atoms with Crippen molar-refractivity contribution in [3.63, 3.8) is 0 Å². The lowest BCUT2D eigenvalue weighted by atomic mass is 9.96. The number of alkyl halides is 6. The summed E-state index contributed by atoms with van der Waals surface area (Å²) in [5.41, 5.74) is -3.56. The van der Waals surface area contributed by atoms with Gasteiger partial charge in [-0.05, 0) is 74.0 Å². The number of rotatable bonds is 7. The smallest absolute Gasteiger partial charge is 0.344 e. The van der Waals surface area contributed by atoms with Crippen LogP contribution in [0.5, 0.6) is 0 Å². The molecule has 1 amide bonds. The molecule has 1 saturated heterocycles. The van der Waals surface area contributed by atoms with Crippen LogP contribution in [0.1, 0.15) is 58.8 Å². The normalized spacial score (nSPS) is 19.8. The summed E-state index contributed by atoms with van der Waals surface area (Å²) in [4.78, 5) is 13.1. The maximum absolute atomic E-state index is 13.5. The first-order chi connectivity index (χ1) is 16.8. The van der Waals surface area contributed by atoms with Crippen molar-refractivity contribution in [2.75, 3.05) is 12.3 Å². The molecule has 5 nitrogen and oxygen atoms in total. The predicted octanol–water partition coefficient (Wildman–Crippen LogP) is 5.13. The predicted molar refractivity (Wildman–Crippen MR) is 119 cm³/mol. The van der Waals surface area contributed by atoms with Gasteiger partial charge in [-0.15, -0.1) is 0 Å². The minimum absolute atomic E-state index is 0.0342. The highest BCUT2D eigenvalue weighted by molar-refractivity contribution is 7.91. The molecule has 12 heteroatoms. The standard InChI is InChI=1S/C24H24F6N2O3S/c25-23(26,27)16-7-10-19(24(28,29)30)18(12-16)22(33)32-21(20-2-1-11-31-20)15-5-8-17(9-6-15)36(34,35)13-14-3-4-14/h5-10,12,14,20-21,31H,1-4,11,13H2,(H,32,33)/t20?,21-/m1/s1. The van der Waals surface area contributed by atoms with Gasteiger partial charge in [-0.1, -0.05) is 12.1 Å². The molecule has 196 valence electrons. The van der Waals surface area contributed by atoms with Gasteiger partial charge in [0.15, 0.2) is 9.84 Å². The Morgan fingerprint density at radius 3 is 2.17 bits per heavy atom. The first-order valence-electron chi connectivity index (χ1n) is 11.4. The molecule has 1 saturated carbocycles. The van der Waals surface area contributed by atoms with Gasteiger partial charge in [0.05, 0.1) is 33.4 Å². The summed E-state index contributed by atoms with van der Waals surface area (Å²) in [6, 6.07) is 5.16. The van der Waals surface area contributed by atoms with Crippen molar-refractivity contribution in [3.05, 3.63) is 64.7 Å². The zero-order chi connectivity index (χ0) is 26.3. The molecule has 0 bridgehead atoms. The molecular formula is C24H24F6N2O3S. The van der Waals surface area contributed by atoms with Crippen LogP contribution in [0.4, 0.5) is 26.3 Å². The van der Waals surface area contributed by atoms with Crippen molar-refractivity contribution < 1.29 is 39.6 Å². The van der Waals surface area contributed by atoms with Crippen LogP contribution in [0.15, 0.2) is 47.4 Å². The molecule has 2 atom stereocenters. The first-order valence-corrected chi connectivity index (χ1v) is 13.1. The van der Waals surface area contributed by atoms with Crippen LogP contribution in [0, 0.1) is 5.92 Å². The van der Waals surface area contributed by atoms with Gasteiger partial charge < -0.3 is 10.6 Å². The van der Waals surface area contributed by atoms with Gasteiger partial charge in [-0.2, -0.15) is 26.3 Å². The van der Waals surface area contributed by atoms with Gasteiger partial charge >= 0.3 is 12.4 Å². The van der Waals surface area contributed by atoms with E-state index >= 15 is 0 Å². The second kappa shape index (κ2) is 9.70. The molecule has 1 aliphatic carbocycles. The molecule has 1 aliphatic heterocycles. The molecule has 0 spiro atoms. The second-order valence-corrected chi connectivity index (χ2v) is 11.2. The summed E-state index contributed by atoms with van der Waals surface area (Å²) in [5, 5.41) is 5.60. The molecule has 2 N–H and O–H groups in total. The zero-order valence-corrected chi connectivity index (χ0v) is 19.7. The number of sulfone groups is 1. The van der Waals surface area contributed by atoms with Crippen molar-refractivity contribution in [3.8, 4) is 0 Å². The third-order valence-electron chi connectivity index (χ3n) is 6.43. The largest absolute Gasteiger partial charge is 0.417 e. The Morgan fingerprint density at radius 2 is 1.64 bits per heavy atom. The second-order valence-electron chi connectivity index (χ2n) is 9.20. The first kappa shape index (κ1) is 26.5. The average molecular weight is 535 g/mol. The van der Waals surface area contributed by atoms with Gasteiger partial charge in [0, 0.05) is 6.04 Å². The van der Waals surface area contributed by atoms with Crippen LogP contribution in [0.2, 0.25) is 0 Å². The minimum atomic E-state index is -5.05. The molecule has 1 unspecified atom stereocenters. The van der Waals surface area contributed by atoms with Gasteiger partial charge in [-0.3, -0.25) is 4.79 Å². The molecular weight excluding hydrogens is 510 g/mol. The Hall–Kier alpha value is -2.60. The number of hydrogen-bond acceptors (Lipinski definition) is 4. The van der Waals surface area contributed by atoms with E-state index in [-0.39, 0.29) is 34.8 Å². The van der Waals surface area contributed by atoms with Crippen LogP contribution in [-0.2, 0) is 22.2 Å². The highest BCUT2D eigenvalue weighted by Gasteiger charge is 2.39. The molecule has 2 fully saturated rings. The fraction of sp³-hybridized carbons (Fsp3) is 0.458. The number of benzene rings is 2. The van der Waals surface area contributed by atoms with E-state index in [1.165, 1.54) is 24.3 Å². The molecule has 1 heterocycles. The Bertz CT molecular complexity index is 1220. The summed E-state index contributed by atoms with van der Waals surface area (Å²) < 4.78 is 105. The highest BCUT2D eigenvalue weighted by Crippen LogP contribution is 2.37. The quantitative estimate of drug-likeness (QED) is 0.483. The maximum Gasteiger partial charge on any atom is 0.417 e. The topological polar surface area (TPSA) is 75.3 Å². The zero-order valence-electron chi connectivity index (χ0n) is 18.9. The number of carbonyl (C=O) groups is 1. The fourth-order valence-corrected chi connectivity index (χ4v) is 6.06. The van der Waals surface area contributed by atoms with Gasteiger partial charge in [0.25, 0.3) is 5.91 Å². The van der Waals surface area contributed by atoms with Crippen molar-refractivity contribution in [1.29, 1.82) is 0 Å². The van der Waals surface area contributed by atoms with E-state index < -0.39 is 56.9 Å². The van der Waals surface area contributed by atoms with Crippen LogP contribution < -0.4 is 10.6 Å². The molecule has 2 aliphatic rings. The summed E-state index contributed by atoms with van der Waals surface area (Å²) in [6.45, 7) is 0.586. The number of nitrogens with one attached hydrogen (secondary N) is 2. The van der Waals surface area contributed by atoms with Crippen molar-refractivity contribution in [2.24, 2.45) is 5.92 Å². The molecule has 36 heavy (non-hydrogen) atoms. The molecule has 2 aromatic carbocycles. The van der Waals surface area contributed by atoms with Gasteiger partial charge in [0.2, 0.25) is 0 Å². The monoisotopic (exact) mass is 534 g/mol. The van der Waals surface area contributed by atoms with E-state index in [4.69, 9.17) is 0 Å². The summed E-state index contributed by atoms with van der Waals surface area (Å²) in [6.07, 6.45) is -6.99. The molecule has 0 radical (unpaired) electrons. The Morgan fingerprint density at radius 1 is 0.972 bits per heavy atom. The van der Waals surface area contributed by atoms with E-state index in [0.717, 1.165) is 19.3 Å². The van der Waals surface area contributed by atoms with E-state index in [1.807, 2.05) is 0 Å². The Balaban J connectivity index is 1.65. The SMILES string of the molecule is O=C(N[C@H](c1ccc(S(=O)(=O)CC2CC2)cc1)C1CCCN1)c1cc(C(F)(F)F)ccc1C(F)(F)F. The lowest BCUT2D eigenvalue weighted by molar-refractivity contribution is -0.141. The van der Waals surface area contributed by atoms with Crippen molar-refractivity contribution >= 4 is 15.7 Å². The minimum Gasteiger partial charge on any atom is -0.344 e. The number of hydrogen-bond donors (Lipinski definition) is 2. The van der Waals surface area contributed by atoms with Crippen molar-refractivity contribution in [1.82, 2.24) is 10.6 Å². The average Bonchev–Trinajstić information content (AvgIpc) is 3.43. The van der Waals surface area contributed by atoms with E-state index in [0.29, 0.717) is 18.5 Å². The van der Waals surface area contributed by atoms with Crippen molar-refractivity contribution in [2.45, 2.75) is 55.0 Å². The van der Waals surface area contributed by atoms with E-state index in [2.05, 4.69) is 10.6 Å². The van der Waals surface area contributed by atoms with Crippen LogP contribution in [-0.4, -0.2) is 32.7 Å². The lowest BCUT2D eigenvalue weighted by Crippen LogP contribution is -2.41. The van der Waals surface area contributed by atoms with Gasteiger partial charge in [-0.25, -0.2) is 8.42 Å². The third-order valence-corrected chi connectivity index (χ3v) is 8.34. The lowest BCUT2D eigenvalue weighted by Gasteiger charge is -2.26. The number of carbonyl (C=O) groups excluding carboxylic acids is 1. The number of halogens is 6. The van der Waals surface area contributed by atoms with E-state index in [1.54, 1.807) is 0 Å². The molecule has 4 rings (SSSR count). The Kier molecular flexibility index (Phi) is 7.13. The van der Waals surface area contributed by atoms with Crippen LogP contribution in [0.3, 0.4) is 0 Å². The van der Waals surface area contributed by atoms with E-state index in [9.17, 15) is 39.6 Å². The summed E-state index contributed by atoms with van der Waals surface area (Å²) >= 11 is 0. The third kappa shape index (κ3) is 6.03. The number of amides is 1. The summed E-state index contributed by atoms with van der Waals surface area (Å²) in [5.74, 6) is -1.14. The van der Waals surface area contributed by atoms with Gasteiger partial charge in [0.1, 0.15) is 0 Å². The highest BCUT2D eigenvalue weighted by atomic mass is 32.2.